The number of nitrogens with zero attached hydrogens (tertiary/aromatic N) is 2. The first-order valence-electron chi connectivity index (χ1n) is 8.07. The van der Waals surface area contributed by atoms with Crippen LogP contribution in [-0.2, 0) is 17.8 Å². The Hall–Kier alpha value is -2.74. The fourth-order valence-corrected chi connectivity index (χ4v) is 2.09. The van der Waals surface area contributed by atoms with Gasteiger partial charge in [0.15, 0.2) is 5.96 Å². The molecule has 0 aliphatic rings. The molecule has 2 N–H and O–H groups in total. The van der Waals surface area contributed by atoms with Crippen molar-refractivity contribution in [2.75, 3.05) is 27.4 Å². The number of aromatic nitrogens is 1. The molecule has 1 heterocycles. The molecule has 0 atom stereocenters. The summed E-state index contributed by atoms with van der Waals surface area (Å²) in [6.07, 6.45) is 1.69. The molecule has 0 saturated heterocycles. The van der Waals surface area contributed by atoms with Crippen LogP contribution in [0.25, 0.3) is 0 Å². The zero-order valence-corrected chi connectivity index (χ0v) is 14.8. The van der Waals surface area contributed by atoms with Crippen LogP contribution in [0.5, 0.6) is 5.88 Å². The van der Waals surface area contributed by atoms with E-state index in [0.717, 1.165) is 23.8 Å². The third-order valence-corrected chi connectivity index (χ3v) is 3.47. The van der Waals surface area contributed by atoms with Gasteiger partial charge in [0, 0.05) is 45.1 Å². The highest BCUT2D eigenvalue weighted by Crippen LogP contribution is 2.09. The number of rotatable bonds is 8. The number of ether oxygens (including phenoxy) is 2. The normalized spacial score (nSPS) is 11.3. The lowest BCUT2D eigenvalue weighted by molar-refractivity contribution is 0.143. The summed E-state index contributed by atoms with van der Waals surface area (Å²) >= 11 is 0. The van der Waals surface area contributed by atoms with E-state index in [-0.39, 0.29) is 12.1 Å². The van der Waals surface area contributed by atoms with Crippen LogP contribution < -0.4 is 15.4 Å². The predicted octanol–water partition coefficient (Wildman–Crippen LogP) is 2.25. The van der Waals surface area contributed by atoms with Gasteiger partial charge in [0.2, 0.25) is 5.88 Å². The van der Waals surface area contributed by atoms with Crippen molar-refractivity contribution in [1.82, 2.24) is 15.6 Å². The van der Waals surface area contributed by atoms with Crippen molar-refractivity contribution < 1.29 is 18.3 Å². The zero-order chi connectivity index (χ0) is 18.8. The number of benzene rings is 1. The summed E-state index contributed by atoms with van der Waals surface area (Å²) in [5.74, 6) is 0.0385. The molecule has 0 bridgehead atoms. The van der Waals surface area contributed by atoms with Gasteiger partial charge in [-0.15, -0.1) is 0 Å². The van der Waals surface area contributed by atoms with Gasteiger partial charge in [-0.2, -0.15) is 0 Å². The van der Waals surface area contributed by atoms with Gasteiger partial charge in [0.05, 0.1) is 6.61 Å². The maximum absolute atomic E-state index is 13.6. The van der Waals surface area contributed by atoms with Crippen molar-refractivity contribution in [2.24, 2.45) is 4.99 Å². The minimum atomic E-state index is -0.481. The average Bonchev–Trinajstić information content (AvgIpc) is 2.66. The van der Waals surface area contributed by atoms with Crippen molar-refractivity contribution in [1.29, 1.82) is 0 Å². The quantitative estimate of drug-likeness (QED) is 0.427. The summed E-state index contributed by atoms with van der Waals surface area (Å²) in [5.41, 5.74) is 1.15. The highest BCUT2D eigenvalue weighted by molar-refractivity contribution is 5.79. The Morgan fingerprint density at radius 1 is 1.12 bits per heavy atom. The zero-order valence-electron chi connectivity index (χ0n) is 14.8. The summed E-state index contributed by atoms with van der Waals surface area (Å²) in [4.78, 5) is 8.26. The van der Waals surface area contributed by atoms with Gasteiger partial charge in [0.1, 0.15) is 18.2 Å². The fourth-order valence-electron chi connectivity index (χ4n) is 2.09. The third kappa shape index (κ3) is 6.29. The van der Waals surface area contributed by atoms with Crippen LogP contribution in [0.15, 0.2) is 41.5 Å². The summed E-state index contributed by atoms with van der Waals surface area (Å²) < 4.78 is 37.1. The lowest BCUT2D eigenvalue weighted by Gasteiger charge is -2.12. The van der Waals surface area contributed by atoms with Gasteiger partial charge < -0.3 is 20.1 Å². The SMILES string of the molecule is CN=C(NCc1ccc(OCCOC)nc1)NCc1cc(F)ccc1F. The van der Waals surface area contributed by atoms with E-state index in [9.17, 15) is 8.78 Å². The molecule has 6 nitrogen and oxygen atoms in total. The van der Waals surface area contributed by atoms with Crippen LogP contribution >= 0.6 is 0 Å². The minimum Gasteiger partial charge on any atom is -0.475 e. The number of pyridine rings is 1. The van der Waals surface area contributed by atoms with E-state index >= 15 is 0 Å². The highest BCUT2D eigenvalue weighted by atomic mass is 19.1. The number of nitrogens with one attached hydrogen (secondary N) is 2. The molecule has 0 aliphatic heterocycles. The van der Waals surface area contributed by atoms with Gasteiger partial charge in [-0.1, -0.05) is 6.07 Å². The van der Waals surface area contributed by atoms with Gasteiger partial charge in [-0.05, 0) is 23.8 Å². The maximum atomic E-state index is 13.6. The number of aliphatic imine (C=N–C) groups is 1. The molecule has 0 unspecified atom stereocenters. The summed E-state index contributed by atoms with van der Waals surface area (Å²) in [6, 6.07) is 6.99. The van der Waals surface area contributed by atoms with E-state index in [2.05, 4.69) is 20.6 Å². The van der Waals surface area contributed by atoms with E-state index in [4.69, 9.17) is 9.47 Å². The summed E-state index contributed by atoms with van der Waals surface area (Å²) in [6.45, 7) is 1.53. The van der Waals surface area contributed by atoms with Gasteiger partial charge in [-0.3, -0.25) is 4.99 Å². The molecule has 0 saturated carbocycles. The Balaban J connectivity index is 1.82. The lowest BCUT2D eigenvalue weighted by Crippen LogP contribution is -2.36. The second-order valence-corrected chi connectivity index (χ2v) is 5.36. The van der Waals surface area contributed by atoms with Crippen LogP contribution in [0.2, 0.25) is 0 Å². The number of hydrogen-bond donors (Lipinski definition) is 2. The molecule has 0 spiro atoms. The summed E-state index contributed by atoms with van der Waals surface area (Å²) in [7, 11) is 3.21. The van der Waals surface area contributed by atoms with Gasteiger partial charge in [0.25, 0.3) is 0 Å². The molecule has 26 heavy (non-hydrogen) atoms. The highest BCUT2D eigenvalue weighted by Gasteiger charge is 2.05. The smallest absolute Gasteiger partial charge is 0.213 e. The minimum absolute atomic E-state index is 0.119. The molecule has 0 fully saturated rings. The first-order chi connectivity index (χ1) is 12.6. The molecular weight excluding hydrogens is 342 g/mol. The monoisotopic (exact) mass is 364 g/mol. The number of hydrogen-bond acceptors (Lipinski definition) is 4. The topological polar surface area (TPSA) is 67.8 Å². The second kappa shape index (κ2) is 10.3. The summed E-state index contributed by atoms with van der Waals surface area (Å²) in [5, 5.41) is 6.03. The fraction of sp³-hybridized carbons (Fsp3) is 0.333. The molecule has 140 valence electrons. The largest absolute Gasteiger partial charge is 0.475 e. The molecule has 2 aromatic rings. The Kier molecular flexibility index (Phi) is 7.75. The second-order valence-electron chi connectivity index (χ2n) is 5.36. The van der Waals surface area contributed by atoms with Crippen LogP contribution in [0.1, 0.15) is 11.1 Å². The first kappa shape index (κ1) is 19.6. The van der Waals surface area contributed by atoms with Crippen molar-refractivity contribution in [2.45, 2.75) is 13.1 Å². The number of guanidine groups is 1. The molecule has 1 aromatic heterocycles. The maximum Gasteiger partial charge on any atom is 0.213 e. The molecule has 0 radical (unpaired) electrons. The average molecular weight is 364 g/mol. The van der Waals surface area contributed by atoms with Crippen LogP contribution in [0.3, 0.4) is 0 Å². The number of methoxy groups -OCH3 is 1. The Labute approximate surface area is 151 Å². The molecule has 8 heteroatoms. The Bertz CT molecular complexity index is 724. The predicted molar refractivity (Wildman–Crippen MR) is 95.0 cm³/mol. The van der Waals surface area contributed by atoms with E-state index in [1.54, 1.807) is 26.4 Å². The van der Waals surface area contributed by atoms with Gasteiger partial charge in [-0.25, -0.2) is 13.8 Å². The van der Waals surface area contributed by atoms with Crippen molar-refractivity contribution >= 4 is 5.96 Å². The third-order valence-electron chi connectivity index (χ3n) is 3.47. The Morgan fingerprint density at radius 3 is 2.62 bits per heavy atom. The van der Waals surface area contributed by atoms with Crippen LogP contribution in [-0.4, -0.2) is 38.3 Å². The van der Waals surface area contributed by atoms with E-state index < -0.39 is 11.6 Å². The molecule has 0 aliphatic carbocycles. The standard InChI is InChI=1S/C18H22F2N4O2/c1-21-18(24-12-14-9-15(19)4-5-16(14)20)23-11-13-3-6-17(22-10-13)26-8-7-25-2/h3-6,9-10H,7-8,11-12H2,1-2H3,(H2,21,23,24). The molecule has 1 aromatic carbocycles. The molecule has 0 amide bonds. The van der Waals surface area contributed by atoms with Gasteiger partial charge >= 0.3 is 0 Å². The lowest BCUT2D eigenvalue weighted by atomic mass is 10.2. The van der Waals surface area contributed by atoms with Crippen LogP contribution in [0.4, 0.5) is 8.78 Å². The van der Waals surface area contributed by atoms with Crippen molar-refractivity contribution in [3.8, 4) is 5.88 Å². The van der Waals surface area contributed by atoms with E-state index in [1.807, 2.05) is 6.07 Å². The van der Waals surface area contributed by atoms with Crippen molar-refractivity contribution in [3.05, 3.63) is 59.3 Å². The number of halogens is 2. The molecule has 2 rings (SSSR count). The van der Waals surface area contributed by atoms with Crippen LogP contribution in [0, 0.1) is 11.6 Å². The first-order valence-corrected chi connectivity index (χ1v) is 8.07. The Morgan fingerprint density at radius 2 is 1.92 bits per heavy atom. The van der Waals surface area contributed by atoms with Crippen molar-refractivity contribution in [3.63, 3.8) is 0 Å². The van der Waals surface area contributed by atoms with E-state index in [1.165, 1.54) is 0 Å². The van der Waals surface area contributed by atoms with E-state index in [0.29, 0.717) is 31.6 Å². The molecular formula is C18H22F2N4O2.